The Balaban J connectivity index is 2.00. The van der Waals surface area contributed by atoms with Crippen LogP contribution in [0.25, 0.3) is 0 Å². The summed E-state index contributed by atoms with van der Waals surface area (Å²) in [5.41, 5.74) is 0.369. The largest absolute Gasteiger partial charge is 0.339 e. The third-order valence-electron chi connectivity index (χ3n) is 3.66. The second kappa shape index (κ2) is 6.28. The van der Waals surface area contributed by atoms with Crippen LogP contribution in [0.4, 0.5) is 0 Å². The van der Waals surface area contributed by atoms with Gasteiger partial charge in [-0.05, 0) is 31.1 Å². The van der Waals surface area contributed by atoms with Gasteiger partial charge in [0.05, 0.1) is 5.56 Å². The Hall–Kier alpha value is -1.23. The Morgan fingerprint density at radius 3 is 2.89 bits per heavy atom. The molecule has 4 nitrogen and oxygen atoms in total. The van der Waals surface area contributed by atoms with E-state index in [0.29, 0.717) is 16.9 Å². The Kier molecular flexibility index (Phi) is 4.69. The molecule has 1 amide bonds. The van der Waals surface area contributed by atoms with Gasteiger partial charge in [0.15, 0.2) is 0 Å². The lowest BCUT2D eigenvalue weighted by Crippen LogP contribution is -2.35. The fourth-order valence-electron chi connectivity index (χ4n) is 2.57. The van der Waals surface area contributed by atoms with Crippen molar-refractivity contribution in [2.24, 2.45) is 0 Å². The lowest BCUT2D eigenvalue weighted by Gasteiger charge is -2.24. The van der Waals surface area contributed by atoms with Crippen LogP contribution in [0, 0.1) is 0 Å². The molecule has 1 aromatic heterocycles. The zero-order chi connectivity index (χ0) is 13.8. The van der Waals surface area contributed by atoms with E-state index < -0.39 is 0 Å². The molecular weight excluding hydrogens is 260 g/mol. The highest BCUT2D eigenvalue weighted by molar-refractivity contribution is 7.99. The number of H-pyrrole nitrogens is 1. The number of aromatic amines is 1. The van der Waals surface area contributed by atoms with Gasteiger partial charge in [-0.25, -0.2) is 0 Å². The molecule has 0 saturated heterocycles. The summed E-state index contributed by atoms with van der Waals surface area (Å²) in [6.07, 6.45) is 4.83. The molecule has 0 aromatic carbocycles. The van der Waals surface area contributed by atoms with Gasteiger partial charge >= 0.3 is 0 Å². The maximum atomic E-state index is 12.3. The van der Waals surface area contributed by atoms with Crippen LogP contribution in [-0.2, 0) is 0 Å². The third kappa shape index (κ3) is 3.41. The molecule has 1 saturated carbocycles. The zero-order valence-corrected chi connectivity index (χ0v) is 12.2. The number of aromatic nitrogens is 1. The highest BCUT2D eigenvalue weighted by atomic mass is 32.2. The maximum absolute atomic E-state index is 12.3. The zero-order valence-electron chi connectivity index (χ0n) is 11.4. The van der Waals surface area contributed by atoms with Gasteiger partial charge in [-0.3, -0.25) is 9.59 Å². The molecule has 0 unspecified atom stereocenters. The van der Waals surface area contributed by atoms with Crippen LogP contribution in [0.5, 0.6) is 0 Å². The van der Waals surface area contributed by atoms with Gasteiger partial charge in [-0.15, -0.1) is 0 Å². The van der Waals surface area contributed by atoms with E-state index in [1.54, 1.807) is 6.07 Å². The van der Waals surface area contributed by atoms with E-state index in [1.807, 2.05) is 23.7 Å². The number of carbonyl (C=O) groups is 1. The minimum absolute atomic E-state index is 0.0107. The molecule has 0 radical (unpaired) electrons. The van der Waals surface area contributed by atoms with Gasteiger partial charge in [0, 0.05) is 30.6 Å². The SMILES string of the molecule is CCS[C@@H]1CC[C@H](N(C)C(=O)c2ccc(=O)[nH]c2)C1. The van der Waals surface area contributed by atoms with Gasteiger partial charge < -0.3 is 9.88 Å². The molecule has 104 valence electrons. The Bertz CT molecular complexity index is 480. The second-order valence-electron chi connectivity index (χ2n) is 4.90. The fraction of sp³-hybridized carbons (Fsp3) is 0.571. The van der Waals surface area contributed by atoms with Crippen molar-refractivity contribution >= 4 is 17.7 Å². The lowest BCUT2D eigenvalue weighted by molar-refractivity contribution is 0.0735. The van der Waals surface area contributed by atoms with E-state index in [1.165, 1.54) is 18.7 Å². The maximum Gasteiger partial charge on any atom is 0.255 e. The molecule has 2 rings (SSSR count). The topological polar surface area (TPSA) is 53.2 Å². The highest BCUT2D eigenvalue weighted by Crippen LogP contribution is 2.32. The van der Waals surface area contributed by atoms with Crippen molar-refractivity contribution < 1.29 is 4.79 Å². The monoisotopic (exact) mass is 280 g/mol. The standard InChI is InChI=1S/C14H20N2O2S/c1-3-19-12-6-5-11(8-12)16(2)14(18)10-4-7-13(17)15-9-10/h4,7,9,11-12H,3,5-6,8H2,1-2H3,(H,15,17)/t11-,12+/m0/s1. The molecular formula is C14H20N2O2S. The first kappa shape index (κ1) is 14.2. The number of nitrogens with one attached hydrogen (secondary N) is 1. The predicted octanol–water partition coefficient (Wildman–Crippen LogP) is 2.12. The molecule has 1 fully saturated rings. The first-order chi connectivity index (χ1) is 9.11. The Labute approximate surface area is 117 Å². The summed E-state index contributed by atoms with van der Waals surface area (Å²) >= 11 is 1.98. The molecule has 5 heteroatoms. The molecule has 19 heavy (non-hydrogen) atoms. The first-order valence-electron chi connectivity index (χ1n) is 6.69. The van der Waals surface area contributed by atoms with E-state index in [9.17, 15) is 9.59 Å². The summed E-state index contributed by atoms with van der Waals surface area (Å²) in [5, 5.41) is 0.681. The van der Waals surface area contributed by atoms with Gasteiger partial charge in [0.25, 0.3) is 5.91 Å². The number of thioether (sulfide) groups is 1. The molecule has 1 N–H and O–H groups in total. The smallest absolute Gasteiger partial charge is 0.255 e. The van der Waals surface area contributed by atoms with Crippen LogP contribution >= 0.6 is 11.8 Å². The molecule has 1 aliphatic rings. The third-order valence-corrected chi connectivity index (χ3v) is 4.89. The summed E-state index contributed by atoms with van der Waals surface area (Å²) in [6.45, 7) is 2.17. The van der Waals surface area contributed by atoms with E-state index >= 15 is 0 Å². The molecule has 0 bridgehead atoms. The van der Waals surface area contributed by atoms with Crippen LogP contribution < -0.4 is 5.56 Å². The van der Waals surface area contributed by atoms with E-state index in [0.717, 1.165) is 18.6 Å². The van der Waals surface area contributed by atoms with E-state index in [4.69, 9.17) is 0 Å². The summed E-state index contributed by atoms with van der Waals surface area (Å²) in [6, 6.07) is 3.31. The average Bonchev–Trinajstić information content (AvgIpc) is 2.87. The Morgan fingerprint density at radius 2 is 2.26 bits per heavy atom. The predicted molar refractivity (Wildman–Crippen MR) is 78.7 cm³/mol. The Morgan fingerprint density at radius 1 is 1.47 bits per heavy atom. The number of carbonyl (C=O) groups excluding carboxylic acids is 1. The lowest BCUT2D eigenvalue weighted by atomic mass is 10.2. The van der Waals surface area contributed by atoms with E-state index in [-0.39, 0.29) is 11.5 Å². The molecule has 2 atom stereocenters. The van der Waals surface area contributed by atoms with Crippen molar-refractivity contribution in [3.8, 4) is 0 Å². The number of rotatable bonds is 4. The van der Waals surface area contributed by atoms with Crippen molar-refractivity contribution in [2.45, 2.75) is 37.5 Å². The average molecular weight is 280 g/mol. The minimum atomic E-state index is -0.181. The fourth-order valence-corrected chi connectivity index (χ4v) is 3.70. The van der Waals surface area contributed by atoms with Crippen molar-refractivity contribution in [2.75, 3.05) is 12.8 Å². The first-order valence-corrected chi connectivity index (χ1v) is 7.74. The number of hydrogen-bond donors (Lipinski definition) is 1. The van der Waals surface area contributed by atoms with Crippen molar-refractivity contribution in [1.29, 1.82) is 0 Å². The summed E-state index contributed by atoms with van der Waals surface area (Å²) < 4.78 is 0. The summed E-state index contributed by atoms with van der Waals surface area (Å²) in [4.78, 5) is 27.7. The normalized spacial score (nSPS) is 22.4. The van der Waals surface area contributed by atoms with Crippen LogP contribution in [0.15, 0.2) is 23.1 Å². The van der Waals surface area contributed by atoms with E-state index in [2.05, 4.69) is 11.9 Å². The molecule has 0 spiro atoms. The summed E-state index contributed by atoms with van der Waals surface area (Å²) in [5.74, 6) is 1.12. The van der Waals surface area contributed by atoms with Crippen molar-refractivity contribution in [3.63, 3.8) is 0 Å². The van der Waals surface area contributed by atoms with Gasteiger partial charge in [-0.1, -0.05) is 6.92 Å². The number of amides is 1. The minimum Gasteiger partial charge on any atom is -0.339 e. The van der Waals surface area contributed by atoms with Crippen LogP contribution in [0.1, 0.15) is 36.5 Å². The van der Waals surface area contributed by atoms with Gasteiger partial charge in [0.1, 0.15) is 0 Å². The highest BCUT2D eigenvalue weighted by Gasteiger charge is 2.30. The van der Waals surface area contributed by atoms with Crippen molar-refractivity contribution in [1.82, 2.24) is 9.88 Å². The molecule has 1 aliphatic carbocycles. The molecule has 1 heterocycles. The number of nitrogens with zero attached hydrogens (tertiary/aromatic N) is 1. The van der Waals surface area contributed by atoms with Crippen LogP contribution in [0.2, 0.25) is 0 Å². The van der Waals surface area contributed by atoms with Gasteiger partial charge in [0.2, 0.25) is 5.56 Å². The number of hydrogen-bond acceptors (Lipinski definition) is 3. The van der Waals surface area contributed by atoms with Gasteiger partial charge in [-0.2, -0.15) is 11.8 Å². The van der Waals surface area contributed by atoms with Crippen LogP contribution in [-0.4, -0.2) is 39.9 Å². The second-order valence-corrected chi connectivity index (χ2v) is 6.48. The number of pyridine rings is 1. The molecule has 1 aromatic rings. The van der Waals surface area contributed by atoms with Crippen LogP contribution in [0.3, 0.4) is 0 Å². The quantitative estimate of drug-likeness (QED) is 0.919. The molecule has 0 aliphatic heterocycles. The summed E-state index contributed by atoms with van der Waals surface area (Å²) in [7, 11) is 1.86. The van der Waals surface area contributed by atoms with Crippen molar-refractivity contribution in [3.05, 3.63) is 34.2 Å².